The molecular formula is C18H34N4O9. The van der Waals surface area contributed by atoms with E-state index in [-0.39, 0.29) is 19.6 Å². The van der Waals surface area contributed by atoms with Crippen molar-refractivity contribution in [2.24, 2.45) is 0 Å². The van der Waals surface area contributed by atoms with E-state index in [9.17, 15) is 24.6 Å². The fraction of sp³-hybridized carbons (Fsp3) is 0.833. The zero-order valence-electron chi connectivity index (χ0n) is 17.6. The molecule has 2 atom stereocenters. The van der Waals surface area contributed by atoms with Gasteiger partial charge in [0.25, 0.3) is 0 Å². The minimum atomic E-state index is -1.39. The van der Waals surface area contributed by atoms with Crippen LogP contribution in [-0.4, -0.2) is 156 Å². The highest BCUT2D eigenvalue weighted by Gasteiger charge is 2.24. The predicted octanol–water partition coefficient (Wildman–Crippen LogP) is -4.08. The van der Waals surface area contributed by atoms with Crippen LogP contribution in [0.1, 0.15) is 0 Å². The number of esters is 1. The molecule has 180 valence electrons. The fourth-order valence-corrected chi connectivity index (χ4v) is 3.10. The second-order valence-corrected chi connectivity index (χ2v) is 7.33. The Morgan fingerprint density at radius 1 is 0.774 bits per heavy atom. The summed E-state index contributed by atoms with van der Waals surface area (Å²) in [6, 6.07) is 0. The average molecular weight is 450 g/mol. The second kappa shape index (κ2) is 15.0. The lowest BCUT2D eigenvalue weighted by atomic mass is 10.2. The number of nitrogens with one attached hydrogen (secondary N) is 1. The Morgan fingerprint density at radius 2 is 1.23 bits per heavy atom. The molecule has 13 nitrogen and oxygen atoms in total. The first-order valence-electron chi connectivity index (χ1n) is 10.2. The van der Waals surface area contributed by atoms with Gasteiger partial charge in [0.2, 0.25) is 0 Å². The molecule has 1 fully saturated rings. The molecule has 0 unspecified atom stereocenters. The van der Waals surface area contributed by atoms with Gasteiger partial charge in [0, 0.05) is 52.4 Å². The Labute approximate surface area is 180 Å². The van der Waals surface area contributed by atoms with E-state index in [0.29, 0.717) is 52.4 Å². The van der Waals surface area contributed by atoms with Crippen molar-refractivity contribution < 1.29 is 44.7 Å². The van der Waals surface area contributed by atoms with Gasteiger partial charge >= 0.3 is 17.9 Å². The van der Waals surface area contributed by atoms with Gasteiger partial charge in [-0.25, -0.2) is 0 Å². The monoisotopic (exact) mass is 450 g/mol. The SMILES string of the molecule is O=C(O)CN1CCNCCN(CC(=O)O[C@@H](CO)[C@H](O)CO)CCN(CC(=O)O)CC1. The summed E-state index contributed by atoms with van der Waals surface area (Å²) in [6.07, 6.45) is -2.62. The maximum Gasteiger partial charge on any atom is 0.320 e. The summed E-state index contributed by atoms with van der Waals surface area (Å²) in [5.41, 5.74) is 0. The number of rotatable bonds is 10. The third kappa shape index (κ3) is 11.9. The molecule has 0 spiro atoms. The normalized spacial score (nSPS) is 20.2. The van der Waals surface area contributed by atoms with Crippen molar-refractivity contribution >= 4 is 17.9 Å². The molecule has 0 saturated carbocycles. The molecule has 0 aromatic rings. The Kier molecular flexibility index (Phi) is 13.2. The van der Waals surface area contributed by atoms with Crippen molar-refractivity contribution in [3.63, 3.8) is 0 Å². The van der Waals surface area contributed by atoms with Gasteiger partial charge < -0.3 is 35.6 Å². The summed E-state index contributed by atoms with van der Waals surface area (Å²) >= 11 is 0. The Balaban J connectivity index is 2.72. The summed E-state index contributed by atoms with van der Waals surface area (Å²) < 4.78 is 5.04. The van der Waals surface area contributed by atoms with E-state index in [1.807, 2.05) is 0 Å². The maximum absolute atomic E-state index is 12.2. The van der Waals surface area contributed by atoms with Crippen LogP contribution < -0.4 is 5.32 Å². The summed E-state index contributed by atoms with van der Waals surface area (Å²) in [5.74, 6) is -2.64. The predicted molar refractivity (Wildman–Crippen MR) is 108 cm³/mol. The van der Waals surface area contributed by atoms with Gasteiger partial charge in [-0.05, 0) is 0 Å². The van der Waals surface area contributed by atoms with E-state index >= 15 is 0 Å². The van der Waals surface area contributed by atoms with Crippen molar-refractivity contribution in [3.05, 3.63) is 0 Å². The zero-order valence-corrected chi connectivity index (χ0v) is 17.6. The minimum absolute atomic E-state index is 0.133. The molecule has 1 heterocycles. The summed E-state index contributed by atoms with van der Waals surface area (Å²) in [4.78, 5) is 39.6. The molecule has 0 aromatic carbocycles. The number of carboxylic acid groups (broad SMARTS) is 2. The van der Waals surface area contributed by atoms with Crippen molar-refractivity contribution in [2.75, 3.05) is 85.2 Å². The molecule has 0 aromatic heterocycles. The molecule has 1 rings (SSSR count). The van der Waals surface area contributed by atoms with Gasteiger partial charge in [0.1, 0.15) is 6.10 Å². The number of ether oxygens (including phenoxy) is 1. The standard InChI is InChI=1S/C18H34N4O9/c23-12-14(25)15(13-24)31-18(30)11-21-4-2-19-1-3-20(9-16(26)27)5-7-22(8-6-21)10-17(28)29/h14-15,19,23-25H,1-13H2,(H,26,27)(H,28,29)/t14-,15+/m1/s1. The van der Waals surface area contributed by atoms with E-state index in [4.69, 9.17) is 20.1 Å². The Morgan fingerprint density at radius 3 is 1.65 bits per heavy atom. The number of nitrogens with zero attached hydrogens (tertiary/aromatic N) is 3. The van der Waals surface area contributed by atoms with Crippen LogP contribution in [0.5, 0.6) is 0 Å². The number of hydrogen-bond donors (Lipinski definition) is 6. The third-order valence-electron chi connectivity index (χ3n) is 4.82. The van der Waals surface area contributed by atoms with Crippen LogP contribution >= 0.6 is 0 Å². The second-order valence-electron chi connectivity index (χ2n) is 7.33. The largest absolute Gasteiger partial charge is 0.480 e. The van der Waals surface area contributed by atoms with Gasteiger partial charge in [-0.3, -0.25) is 29.1 Å². The van der Waals surface area contributed by atoms with E-state index in [1.54, 1.807) is 14.7 Å². The van der Waals surface area contributed by atoms with Gasteiger partial charge in [-0.15, -0.1) is 0 Å². The highest BCUT2D eigenvalue weighted by molar-refractivity contribution is 5.72. The lowest BCUT2D eigenvalue weighted by Crippen LogP contribution is -2.48. The number of aliphatic carboxylic acids is 2. The molecule has 0 radical (unpaired) electrons. The number of aliphatic hydroxyl groups is 3. The van der Waals surface area contributed by atoms with Crippen LogP contribution in [0.2, 0.25) is 0 Å². The highest BCUT2D eigenvalue weighted by Crippen LogP contribution is 2.02. The topological polar surface area (TPSA) is 183 Å². The fourth-order valence-electron chi connectivity index (χ4n) is 3.10. The first-order valence-corrected chi connectivity index (χ1v) is 10.2. The summed E-state index contributed by atoms with van der Waals surface area (Å²) in [5, 5.41) is 49.1. The molecular weight excluding hydrogens is 416 g/mol. The average Bonchev–Trinajstić information content (AvgIpc) is 2.70. The zero-order chi connectivity index (χ0) is 23.2. The van der Waals surface area contributed by atoms with Crippen LogP contribution in [0.4, 0.5) is 0 Å². The van der Waals surface area contributed by atoms with E-state index < -0.39 is 43.3 Å². The van der Waals surface area contributed by atoms with Crippen LogP contribution in [0, 0.1) is 0 Å². The molecule has 0 aliphatic carbocycles. The quantitative estimate of drug-likeness (QED) is 0.177. The number of carbonyl (C=O) groups excluding carboxylic acids is 1. The van der Waals surface area contributed by atoms with Crippen molar-refractivity contribution in [2.45, 2.75) is 12.2 Å². The van der Waals surface area contributed by atoms with Gasteiger partial charge in [0.05, 0.1) is 32.8 Å². The van der Waals surface area contributed by atoms with Crippen molar-refractivity contribution in [1.29, 1.82) is 0 Å². The van der Waals surface area contributed by atoms with Gasteiger partial charge in [0.15, 0.2) is 6.10 Å². The maximum atomic E-state index is 12.2. The lowest BCUT2D eigenvalue weighted by Gasteiger charge is -2.30. The molecule has 6 N–H and O–H groups in total. The molecule has 0 bridgehead atoms. The number of carbonyl (C=O) groups is 3. The van der Waals surface area contributed by atoms with E-state index in [2.05, 4.69) is 5.32 Å². The number of aliphatic hydroxyl groups excluding tert-OH is 3. The van der Waals surface area contributed by atoms with E-state index in [1.165, 1.54) is 0 Å². The summed E-state index contributed by atoms with van der Waals surface area (Å²) in [6.45, 7) is 1.63. The molecule has 1 aliphatic rings. The number of hydrogen-bond acceptors (Lipinski definition) is 11. The molecule has 1 saturated heterocycles. The molecule has 1 aliphatic heterocycles. The van der Waals surface area contributed by atoms with Gasteiger partial charge in [-0.1, -0.05) is 0 Å². The first kappa shape index (κ1) is 27.2. The van der Waals surface area contributed by atoms with Crippen molar-refractivity contribution in [3.8, 4) is 0 Å². The molecule has 31 heavy (non-hydrogen) atoms. The van der Waals surface area contributed by atoms with Crippen LogP contribution in [0.25, 0.3) is 0 Å². The number of carboxylic acids is 2. The first-order chi connectivity index (χ1) is 14.7. The van der Waals surface area contributed by atoms with Crippen LogP contribution in [0.15, 0.2) is 0 Å². The molecule has 13 heteroatoms. The smallest absolute Gasteiger partial charge is 0.320 e. The lowest BCUT2D eigenvalue weighted by molar-refractivity contribution is -0.161. The van der Waals surface area contributed by atoms with Crippen molar-refractivity contribution in [1.82, 2.24) is 20.0 Å². The third-order valence-corrected chi connectivity index (χ3v) is 4.82. The van der Waals surface area contributed by atoms with Gasteiger partial charge in [-0.2, -0.15) is 0 Å². The minimum Gasteiger partial charge on any atom is -0.480 e. The highest BCUT2D eigenvalue weighted by atomic mass is 16.6. The Hall–Kier alpha value is -1.87. The van der Waals surface area contributed by atoms with E-state index in [0.717, 1.165) is 0 Å². The van der Waals surface area contributed by atoms with Crippen LogP contribution in [0.3, 0.4) is 0 Å². The summed E-state index contributed by atoms with van der Waals surface area (Å²) in [7, 11) is 0. The molecule has 0 amide bonds. The Bertz CT molecular complexity index is 566. The van der Waals surface area contributed by atoms with Crippen LogP contribution in [-0.2, 0) is 19.1 Å².